The number of hydrogen-bond donors (Lipinski definition) is 3. The minimum Gasteiger partial charge on any atom is -0.352 e. The van der Waals surface area contributed by atoms with E-state index in [9.17, 15) is 9.59 Å². The van der Waals surface area contributed by atoms with Gasteiger partial charge in [0.1, 0.15) is 0 Å². The van der Waals surface area contributed by atoms with Gasteiger partial charge >= 0.3 is 0 Å². The van der Waals surface area contributed by atoms with Crippen LogP contribution in [0.2, 0.25) is 0 Å². The van der Waals surface area contributed by atoms with Crippen LogP contribution in [-0.4, -0.2) is 28.7 Å². The molecule has 0 aromatic carbocycles. The number of rotatable bonds is 5. The van der Waals surface area contributed by atoms with Crippen molar-refractivity contribution >= 4 is 5.91 Å². The number of nitrogens with one attached hydrogen (secondary N) is 3. The lowest BCUT2D eigenvalue weighted by atomic mass is 9.92. The fourth-order valence-corrected chi connectivity index (χ4v) is 3.15. The van der Waals surface area contributed by atoms with Crippen molar-refractivity contribution in [2.45, 2.75) is 59.0 Å². The van der Waals surface area contributed by atoms with Crippen molar-refractivity contribution in [1.82, 2.24) is 20.8 Å². The topological polar surface area (TPSA) is 86.9 Å². The summed E-state index contributed by atoms with van der Waals surface area (Å²) >= 11 is 0. The Balaban J connectivity index is 2.08. The molecular formula is C16H26N4O2. The maximum absolute atomic E-state index is 12.3. The Morgan fingerprint density at radius 1 is 1.32 bits per heavy atom. The van der Waals surface area contributed by atoms with Crippen LogP contribution in [0.1, 0.15) is 50.4 Å². The predicted molar refractivity (Wildman–Crippen MR) is 85.6 cm³/mol. The van der Waals surface area contributed by atoms with Gasteiger partial charge in [0.2, 0.25) is 5.91 Å². The van der Waals surface area contributed by atoms with Crippen LogP contribution in [0.25, 0.3) is 0 Å². The van der Waals surface area contributed by atoms with Crippen LogP contribution in [0.5, 0.6) is 0 Å². The van der Waals surface area contributed by atoms with E-state index in [1.165, 1.54) is 0 Å². The first-order valence-corrected chi connectivity index (χ1v) is 8.17. The first-order chi connectivity index (χ1) is 10.6. The van der Waals surface area contributed by atoms with Crippen LogP contribution < -0.4 is 16.2 Å². The van der Waals surface area contributed by atoms with Crippen molar-refractivity contribution in [3.63, 3.8) is 0 Å². The second kappa shape index (κ2) is 7.54. The molecule has 2 rings (SSSR count). The van der Waals surface area contributed by atoms with E-state index in [1.54, 1.807) is 0 Å². The molecule has 0 unspecified atom stereocenters. The van der Waals surface area contributed by atoms with Gasteiger partial charge in [-0.25, -0.2) is 5.10 Å². The summed E-state index contributed by atoms with van der Waals surface area (Å²) in [5.74, 6) is 0.0811. The van der Waals surface area contributed by atoms with Gasteiger partial charge in [0.05, 0.1) is 5.69 Å². The van der Waals surface area contributed by atoms with E-state index in [1.807, 2.05) is 13.8 Å². The lowest BCUT2D eigenvalue weighted by Crippen LogP contribution is -2.42. The zero-order chi connectivity index (χ0) is 16.1. The summed E-state index contributed by atoms with van der Waals surface area (Å²) in [4.78, 5) is 24.3. The third-order valence-electron chi connectivity index (χ3n) is 4.40. The van der Waals surface area contributed by atoms with E-state index >= 15 is 0 Å². The molecule has 0 radical (unpaired) electrons. The summed E-state index contributed by atoms with van der Waals surface area (Å²) in [7, 11) is 0. The van der Waals surface area contributed by atoms with Crippen molar-refractivity contribution in [3.05, 3.63) is 27.2 Å². The molecule has 0 aliphatic carbocycles. The molecule has 0 saturated carbocycles. The van der Waals surface area contributed by atoms with Crippen LogP contribution >= 0.6 is 0 Å². The van der Waals surface area contributed by atoms with E-state index in [0.29, 0.717) is 11.6 Å². The number of aromatic amines is 1. The SMILES string of the molecule is CCc1n[nH]c(=O)c(CNC(=O)[C@H]2CCN[C@@H](C)C2)c1CC. The van der Waals surface area contributed by atoms with Crippen molar-refractivity contribution in [2.24, 2.45) is 5.92 Å². The van der Waals surface area contributed by atoms with Gasteiger partial charge in [-0.15, -0.1) is 0 Å². The molecule has 1 aromatic rings. The number of piperidine rings is 1. The molecule has 2 heterocycles. The average molecular weight is 306 g/mol. The van der Waals surface area contributed by atoms with Gasteiger partial charge in [-0.3, -0.25) is 9.59 Å². The minimum atomic E-state index is -0.201. The molecule has 0 bridgehead atoms. The summed E-state index contributed by atoms with van der Waals surface area (Å²) in [6.45, 7) is 7.27. The molecular weight excluding hydrogens is 280 g/mol. The van der Waals surface area contributed by atoms with E-state index in [2.05, 4.69) is 27.8 Å². The second-order valence-electron chi connectivity index (χ2n) is 5.96. The highest BCUT2D eigenvalue weighted by Crippen LogP contribution is 2.16. The highest BCUT2D eigenvalue weighted by Gasteiger charge is 2.24. The third kappa shape index (κ3) is 3.74. The van der Waals surface area contributed by atoms with E-state index in [-0.39, 0.29) is 23.9 Å². The molecule has 1 aliphatic rings. The fraction of sp³-hybridized carbons (Fsp3) is 0.688. The maximum Gasteiger partial charge on any atom is 0.269 e. The van der Waals surface area contributed by atoms with Gasteiger partial charge in [0.15, 0.2) is 0 Å². The molecule has 1 fully saturated rings. The highest BCUT2D eigenvalue weighted by atomic mass is 16.2. The summed E-state index contributed by atoms with van der Waals surface area (Å²) in [5.41, 5.74) is 2.31. The quantitative estimate of drug-likeness (QED) is 0.754. The van der Waals surface area contributed by atoms with Gasteiger partial charge in [-0.1, -0.05) is 13.8 Å². The molecule has 1 aromatic heterocycles. The summed E-state index contributed by atoms with van der Waals surface area (Å²) in [5, 5.41) is 12.9. The average Bonchev–Trinajstić information content (AvgIpc) is 2.53. The molecule has 122 valence electrons. The molecule has 3 N–H and O–H groups in total. The number of carbonyl (C=O) groups is 1. The summed E-state index contributed by atoms with van der Waals surface area (Å²) in [6.07, 6.45) is 3.21. The van der Waals surface area contributed by atoms with E-state index < -0.39 is 0 Å². The number of aryl methyl sites for hydroxylation is 1. The third-order valence-corrected chi connectivity index (χ3v) is 4.40. The maximum atomic E-state index is 12.3. The Morgan fingerprint density at radius 3 is 2.73 bits per heavy atom. The van der Waals surface area contributed by atoms with Crippen LogP contribution in [0.4, 0.5) is 0 Å². The smallest absolute Gasteiger partial charge is 0.269 e. The molecule has 6 nitrogen and oxygen atoms in total. The Hall–Kier alpha value is -1.69. The van der Waals surface area contributed by atoms with Crippen molar-refractivity contribution in [2.75, 3.05) is 6.54 Å². The summed E-state index contributed by atoms with van der Waals surface area (Å²) in [6, 6.07) is 0.367. The monoisotopic (exact) mass is 306 g/mol. The first kappa shape index (κ1) is 16.7. The molecule has 1 amide bonds. The van der Waals surface area contributed by atoms with Gasteiger partial charge in [0.25, 0.3) is 5.56 Å². The fourth-order valence-electron chi connectivity index (χ4n) is 3.15. The van der Waals surface area contributed by atoms with Crippen LogP contribution in [0.15, 0.2) is 4.79 Å². The summed E-state index contributed by atoms with van der Waals surface area (Å²) < 4.78 is 0. The molecule has 0 spiro atoms. The van der Waals surface area contributed by atoms with Crippen LogP contribution in [-0.2, 0) is 24.2 Å². The number of amides is 1. The van der Waals surface area contributed by atoms with Gasteiger partial charge in [-0.05, 0) is 44.7 Å². The van der Waals surface area contributed by atoms with Crippen molar-refractivity contribution < 1.29 is 4.79 Å². The van der Waals surface area contributed by atoms with Gasteiger partial charge < -0.3 is 10.6 Å². The largest absolute Gasteiger partial charge is 0.352 e. The Labute approximate surface area is 131 Å². The number of hydrogen-bond acceptors (Lipinski definition) is 4. The highest BCUT2D eigenvalue weighted by molar-refractivity contribution is 5.78. The number of aromatic nitrogens is 2. The normalized spacial score (nSPS) is 21.6. The van der Waals surface area contributed by atoms with Crippen LogP contribution in [0, 0.1) is 5.92 Å². The minimum absolute atomic E-state index is 0.0351. The molecule has 1 aliphatic heterocycles. The Kier molecular flexibility index (Phi) is 5.71. The zero-order valence-electron chi connectivity index (χ0n) is 13.7. The predicted octanol–water partition coefficient (Wildman–Crippen LogP) is 0.899. The zero-order valence-corrected chi connectivity index (χ0v) is 13.7. The first-order valence-electron chi connectivity index (χ1n) is 8.17. The molecule has 6 heteroatoms. The lowest BCUT2D eigenvalue weighted by molar-refractivity contribution is -0.126. The molecule has 1 saturated heterocycles. The second-order valence-corrected chi connectivity index (χ2v) is 5.96. The Bertz CT molecular complexity index is 582. The number of H-pyrrole nitrogens is 1. The standard InChI is InChI=1S/C16H26N4O2/c1-4-12-13(16(22)20-19-14(12)5-2)9-18-15(21)11-6-7-17-10(3)8-11/h10-11,17H,4-9H2,1-3H3,(H,18,21)(H,20,22)/t10-,11-/m0/s1. The van der Waals surface area contributed by atoms with E-state index in [0.717, 1.165) is 43.5 Å². The van der Waals surface area contributed by atoms with Gasteiger partial charge in [-0.2, -0.15) is 5.10 Å². The molecule has 22 heavy (non-hydrogen) atoms. The van der Waals surface area contributed by atoms with Crippen molar-refractivity contribution in [1.29, 1.82) is 0 Å². The lowest BCUT2D eigenvalue weighted by Gasteiger charge is -2.27. The Morgan fingerprint density at radius 2 is 2.09 bits per heavy atom. The van der Waals surface area contributed by atoms with Gasteiger partial charge in [0, 0.05) is 24.1 Å². The number of carbonyl (C=O) groups excluding carboxylic acids is 1. The number of nitrogens with zero attached hydrogens (tertiary/aromatic N) is 1. The van der Waals surface area contributed by atoms with Crippen LogP contribution in [0.3, 0.4) is 0 Å². The van der Waals surface area contributed by atoms with Crippen molar-refractivity contribution in [3.8, 4) is 0 Å². The van der Waals surface area contributed by atoms with E-state index in [4.69, 9.17) is 0 Å². The molecule has 2 atom stereocenters.